The Labute approximate surface area is 113 Å². The smallest absolute Gasteiger partial charge is 0.226 e. The molecule has 0 aliphatic heterocycles. The van der Waals surface area contributed by atoms with Gasteiger partial charge in [0, 0.05) is 19.6 Å². The van der Waals surface area contributed by atoms with Gasteiger partial charge in [-0.2, -0.15) is 15.1 Å². The summed E-state index contributed by atoms with van der Waals surface area (Å²) in [6.45, 7) is 7.24. The van der Waals surface area contributed by atoms with Gasteiger partial charge in [-0.3, -0.25) is 5.10 Å². The number of anilines is 2. The molecule has 19 heavy (non-hydrogen) atoms. The molecule has 1 atom stereocenters. The summed E-state index contributed by atoms with van der Waals surface area (Å²) < 4.78 is 0. The van der Waals surface area contributed by atoms with E-state index in [4.69, 9.17) is 0 Å². The molecule has 6 nitrogen and oxygen atoms in total. The van der Waals surface area contributed by atoms with Crippen LogP contribution in [0.4, 0.5) is 11.8 Å². The average molecular weight is 262 g/mol. The third kappa shape index (κ3) is 2.77. The lowest BCUT2D eigenvalue weighted by Crippen LogP contribution is -2.29. The Morgan fingerprint density at radius 3 is 2.84 bits per heavy atom. The van der Waals surface area contributed by atoms with E-state index in [1.807, 2.05) is 6.92 Å². The number of nitrogens with one attached hydrogen (secondary N) is 2. The second kappa shape index (κ2) is 5.86. The number of hydrogen-bond acceptors (Lipinski definition) is 5. The molecule has 0 bridgehead atoms. The highest BCUT2D eigenvalue weighted by Crippen LogP contribution is 2.25. The topological polar surface area (TPSA) is 69.7 Å². The second-order valence-corrected chi connectivity index (χ2v) is 4.78. The summed E-state index contributed by atoms with van der Waals surface area (Å²) in [5.41, 5.74) is 0.775. The predicted octanol–water partition coefficient (Wildman–Crippen LogP) is 2.41. The Balaban J connectivity index is 2.41. The first-order chi connectivity index (χ1) is 9.17. The monoisotopic (exact) mass is 262 g/mol. The van der Waals surface area contributed by atoms with Gasteiger partial charge in [0.1, 0.15) is 5.82 Å². The third-order valence-corrected chi connectivity index (χ3v) is 3.33. The van der Waals surface area contributed by atoms with Gasteiger partial charge in [0.2, 0.25) is 5.95 Å². The van der Waals surface area contributed by atoms with Crippen molar-refractivity contribution in [3.63, 3.8) is 0 Å². The van der Waals surface area contributed by atoms with Gasteiger partial charge < -0.3 is 10.2 Å². The van der Waals surface area contributed by atoms with E-state index < -0.39 is 0 Å². The zero-order valence-electron chi connectivity index (χ0n) is 12.1. The Bertz CT molecular complexity index is 535. The first-order valence-electron chi connectivity index (χ1n) is 6.85. The van der Waals surface area contributed by atoms with Gasteiger partial charge in [0.25, 0.3) is 0 Å². The molecular formula is C13H22N6. The molecular weight excluding hydrogens is 240 g/mol. The minimum atomic E-state index is 0.437. The molecule has 6 heteroatoms. The van der Waals surface area contributed by atoms with Crippen LogP contribution in [0.1, 0.15) is 33.6 Å². The SMILES string of the molecule is CCCC(C)N(C)c1nc(NCC)nc2[nH]ncc12. The van der Waals surface area contributed by atoms with E-state index in [2.05, 4.69) is 51.3 Å². The summed E-state index contributed by atoms with van der Waals surface area (Å²) in [6, 6.07) is 0.437. The molecule has 104 valence electrons. The first kappa shape index (κ1) is 13.6. The highest BCUT2D eigenvalue weighted by Gasteiger charge is 2.16. The van der Waals surface area contributed by atoms with Gasteiger partial charge in [-0.05, 0) is 20.3 Å². The van der Waals surface area contributed by atoms with Crippen molar-refractivity contribution in [3.8, 4) is 0 Å². The van der Waals surface area contributed by atoms with E-state index in [0.29, 0.717) is 12.0 Å². The van der Waals surface area contributed by atoms with E-state index in [0.717, 1.165) is 36.2 Å². The number of nitrogens with zero attached hydrogens (tertiary/aromatic N) is 4. The van der Waals surface area contributed by atoms with Gasteiger partial charge in [0.15, 0.2) is 5.65 Å². The first-order valence-corrected chi connectivity index (χ1v) is 6.85. The molecule has 0 saturated carbocycles. The fourth-order valence-corrected chi connectivity index (χ4v) is 2.15. The zero-order chi connectivity index (χ0) is 13.8. The lowest BCUT2D eigenvalue weighted by Gasteiger charge is -2.26. The highest BCUT2D eigenvalue weighted by atomic mass is 15.3. The largest absolute Gasteiger partial charge is 0.356 e. The maximum absolute atomic E-state index is 4.61. The minimum absolute atomic E-state index is 0.437. The predicted molar refractivity (Wildman–Crippen MR) is 78.6 cm³/mol. The number of aromatic amines is 1. The second-order valence-electron chi connectivity index (χ2n) is 4.78. The molecule has 0 aromatic carbocycles. The van der Waals surface area contributed by atoms with Crippen molar-refractivity contribution in [1.82, 2.24) is 20.2 Å². The lowest BCUT2D eigenvalue weighted by molar-refractivity contribution is 0.612. The van der Waals surface area contributed by atoms with Gasteiger partial charge in [-0.25, -0.2) is 0 Å². The molecule has 0 radical (unpaired) electrons. The van der Waals surface area contributed by atoms with Crippen LogP contribution in [-0.4, -0.2) is 39.8 Å². The normalized spacial score (nSPS) is 12.6. The van der Waals surface area contributed by atoms with E-state index in [1.54, 1.807) is 6.20 Å². The van der Waals surface area contributed by atoms with Crippen molar-refractivity contribution in [2.75, 3.05) is 23.8 Å². The number of hydrogen-bond donors (Lipinski definition) is 2. The number of rotatable bonds is 6. The molecule has 0 saturated heterocycles. The minimum Gasteiger partial charge on any atom is -0.356 e. The van der Waals surface area contributed by atoms with Gasteiger partial charge in [0.05, 0.1) is 11.6 Å². The maximum atomic E-state index is 4.61. The molecule has 2 N–H and O–H groups in total. The van der Waals surface area contributed by atoms with Crippen LogP contribution < -0.4 is 10.2 Å². The van der Waals surface area contributed by atoms with E-state index >= 15 is 0 Å². The van der Waals surface area contributed by atoms with Crippen LogP contribution >= 0.6 is 0 Å². The Kier molecular flexibility index (Phi) is 4.19. The summed E-state index contributed by atoms with van der Waals surface area (Å²) in [4.78, 5) is 11.2. The van der Waals surface area contributed by atoms with Gasteiger partial charge in [-0.15, -0.1) is 0 Å². The van der Waals surface area contributed by atoms with Crippen LogP contribution in [0.3, 0.4) is 0 Å². The van der Waals surface area contributed by atoms with Gasteiger partial charge in [-0.1, -0.05) is 13.3 Å². The summed E-state index contributed by atoms with van der Waals surface area (Å²) >= 11 is 0. The fraction of sp³-hybridized carbons (Fsp3) is 0.615. The summed E-state index contributed by atoms with van der Waals surface area (Å²) in [7, 11) is 2.07. The van der Waals surface area contributed by atoms with Crippen LogP contribution in [-0.2, 0) is 0 Å². The van der Waals surface area contributed by atoms with E-state index in [1.165, 1.54) is 0 Å². The summed E-state index contributed by atoms with van der Waals surface area (Å²) in [6.07, 6.45) is 4.08. The van der Waals surface area contributed by atoms with Crippen LogP contribution in [0.5, 0.6) is 0 Å². The quantitative estimate of drug-likeness (QED) is 0.836. The number of aromatic nitrogens is 4. The van der Waals surface area contributed by atoms with Crippen molar-refractivity contribution in [2.45, 2.75) is 39.7 Å². The van der Waals surface area contributed by atoms with Crippen molar-refractivity contribution >= 4 is 22.8 Å². The van der Waals surface area contributed by atoms with E-state index in [-0.39, 0.29) is 0 Å². The Morgan fingerprint density at radius 2 is 2.16 bits per heavy atom. The van der Waals surface area contributed by atoms with Crippen LogP contribution in [0, 0.1) is 0 Å². The molecule has 2 rings (SSSR count). The van der Waals surface area contributed by atoms with Gasteiger partial charge >= 0.3 is 0 Å². The molecule has 2 aromatic rings. The van der Waals surface area contributed by atoms with Crippen molar-refractivity contribution in [3.05, 3.63) is 6.20 Å². The molecule has 0 spiro atoms. The molecule has 0 aliphatic rings. The molecule has 2 heterocycles. The maximum Gasteiger partial charge on any atom is 0.226 e. The third-order valence-electron chi connectivity index (χ3n) is 3.33. The van der Waals surface area contributed by atoms with Crippen LogP contribution in [0.25, 0.3) is 11.0 Å². The standard InChI is InChI=1S/C13H22N6/c1-5-7-9(3)19(4)12-10-8-15-18-11(10)16-13(17-12)14-6-2/h8-9H,5-7H2,1-4H3,(H2,14,15,16,17,18). The fourth-order valence-electron chi connectivity index (χ4n) is 2.15. The zero-order valence-corrected chi connectivity index (χ0v) is 12.1. The molecule has 0 fully saturated rings. The Hall–Kier alpha value is -1.85. The molecule has 0 amide bonds. The number of fused-ring (bicyclic) bond motifs is 1. The molecule has 0 aliphatic carbocycles. The highest BCUT2D eigenvalue weighted by molar-refractivity contribution is 5.87. The van der Waals surface area contributed by atoms with E-state index in [9.17, 15) is 0 Å². The Morgan fingerprint density at radius 1 is 1.37 bits per heavy atom. The van der Waals surface area contributed by atoms with Crippen molar-refractivity contribution < 1.29 is 0 Å². The molecule has 2 aromatic heterocycles. The number of H-pyrrole nitrogens is 1. The summed E-state index contributed by atoms with van der Waals surface area (Å²) in [5, 5.41) is 11.1. The summed E-state index contributed by atoms with van der Waals surface area (Å²) in [5.74, 6) is 1.57. The van der Waals surface area contributed by atoms with Crippen molar-refractivity contribution in [2.24, 2.45) is 0 Å². The van der Waals surface area contributed by atoms with Crippen molar-refractivity contribution in [1.29, 1.82) is 0 Å². The molecule has 1 unspecified atom stereocenters. The lowest BCUT2D eigenvalue weighted by atomic mass is 10.1. The van der Waals surface area contributed by atoms with Crippen LogP contribution in [0.15, 0.2) is 6.20 Å². The average Bonchev–Trinajstić information content (AvgIpc) is 2.85. The van der Waals surface area contributed by atoms with Crippen LogP contribution in [0.2, 0.25) is 0 Å².